The summed E-state index contributed by atoms with van der Waals surface area (Å²) in [4.78, 5) is 0. The fourth-order valence-corrected chi connectivity index (χ4v) is 7.49. The van der Waals surface area contributed by atoms with Crippen molar-refractivity contribution in [3.63, 3.8) is 0 Å². The molecule has 0 spiro atoms. The minimum Gasteiger partial charge on any atom is -0.0693 e. The Hall–Kier alpha value is -1.34. The predicted molar refractivity (Wildman–Crippen MR) is 96.8 cm³/mol. The van der Waals surface area contributed by atoms with Gasteiger partial charge in [0.2, 0.25) is 0 Å². The number of hydrogen-bond donors (Lipinski definition) is 0. The zero-order valence-electron chi connectivity index (χ0n) is 13.8. The zero-order valence-corrected chi connectivity index (χ0v) is 14.8. The summed E-state index contributed by atoms with van der Waals surface area (Å²) < 4.78 is 0. The lowest BCUT2D eigenvalue weighted by Crippen LogP contribution is -2.29. The van der Waals surface area contributed by atoms with Crippen molar-refractivity contribution in [2.24, 2.45) is 0 Å². The Balaban J connectivity index is 1.98. The zero-order chi connectivity index (χ0) is 15.3. The van der Waals surface area contributed by atoms with Gasteiger partial charge in [0.25, 0.3) is 0 Å². The molecule has 2 aromatic carbocycles. The third-order valence-electron chi connectivity index (χ3n) is 4.45. The third kappa shape index (κ3) is 4.85. The van der Waals surface area contributed by atoms with E-state index in [0.717, 1.165) is 0 Å². The van der Waals surface area contributed by atoms with Crippen molar-refractivity contribution in [1.82, 2.24) is 0 Å². The maximum Gasteiger partial charge on any atom is 0.0485 e. The summed E-state index contributed by atoms with van der Waals surface area (Å²) in [7, 11) is -1.20. The first kappa shape index (κ1) is 16.0. The largest absolute Gasteiger partial charge is 0.0693 e. The molecule has 0 nitrogen and oxygen atoms in total. The van der Waals surface area contributed by atoms with Crippen LogP contribution in [0, 0.1) is 0 Å². The number of hydrogen-bond acceptors (Lipinski definition) is 0. The molecule has 0 heterocycles. The molecule has 0 aliphatic heterocycles. The van der Waals surface area contributed by atoms with Gasteiger partial charge in [0.15, 0.2) is 0 Å². The minimum absolute atomic E-state index is 0.677. The van der Waals surface area contributed by atoms with Crippen molar-refractivity contribution in [2.75, 3.05) is 0 Å². The van der Waals surface area contributed by atoms with E-state index < -0.39 is 8.07 Å². The summed E-state index contributed by atoms with van der Waals surface area (Å²) in [6.45, 7) is 9.87. The van der Waals surface area contributed by atoms with Crippen LogP contribution in [-0.4, -0.2) is 8.07 Å². The summed E-state index contributed by atoms with van der Waals surface area (Å²) >= 11 is 0. The van der Waals surface area contributed by atoms with Crippen molar-refractivity contribution in [3.8, 4) is 0 Å². The molecule has 21 heavy (non-hydrogen) atoms. The highest BCUT2D eigenvalue weighted by Crippen LogP contribution is 2.33. The topological polar surface area (TPSA) is 0 Å². The van der Waals surface area contributed by atoms with Crippen molar-refractivity contribution >= 4 is 8.07 Å². The van der Waals surface area contributed by atoms with E-state index in [1.165, 1.54) is 23.2 Å². The Morgan fingerprint density at radius 1 is 0.667 bits per heavy atom. The fourth-order valence-electron chi connectivity index (χ4n) is 3.54. The lowest BCUT2D eigenvalue weighted by molar-refractivity contribution is 0.799. The molecule has 2 rings (SSSR count). The van der Waals surface area contributed by atoms with Crippen LogP contribution < -0.4 is 0 Å². The summed E-state index contributed by atoms with van der Waals surface area (Å²) in [5.74, 6) is 1.35. The molecule has 2 aromatic rings. The van der Waals surface area contributed by atoms with Gasteiger partial charge in [0, 0.05) is 8.07 Å². The molecule has 0 saturated heterocycles. The lowest BCUT2D eigenvalue weighted by Gasteiger charge is -2.29. The van der Waals surface area contributed by atoms with Crippen molar-refractivity contribution in [3.05, 3.63) is 71.8 Å². The molecular formula is C20H28Si. The lowest BCUT2D eigenvalue weighted by atomic mass is 10.0. The second-order valence-electron chi connectivity index (χ2n) is 7.20. The standard InChI is InChI=1S/C20H28Si/c1-17(19-11-7-5-8-12-19)15-21(3,4)16-18(2)20-13-9-6-10-14-20/h5-14,17-18H,15-16H2,1-4H3/t17-,18-/m0/s1. The quantitative estimate of drug-likeness (QED) is 0.548. The van der Waals surface area contributed by atoms with Crippen LogP contribution in [-0.2, 0) is 0 Å². The Morgan fingerprint density at radius 3 is 1.33 bits per heavy atom. The van der Waals surface area contributed by atoms with E-state index in [9.17, 15) is 0 Å². The average molecular weight is 297 g/mol. The van der Waals surface area contributed by atoms with Gasteiger partial charge in [0.05, 0.1) is 0 Å². The monoisotopic (exact) mass is 296 g/mol. The molecule has 0 fully saturated rings. The van der Waals surface area contributed by atoms with E-state index in [1.54, 1.807) is 0 Å². The first-order valence-corrected chi connectivity index (χ1v) is 11.5. The second-order valence-corrected chi connectivity index (χ2v) is 12.3. The van der Waals surface area contributed by atoms with Gasteiger partial charge in [-0.2, -0.15) is 0 Å². The Bertz CT molecular complexity index is 481. The summed E-state index contributed by atoms with van der Waals surface area (Å²) in [6, 6.07) is 24.7. The van der Waals surface area contributed by atoms with Crippen LogP contribution in [0.15, 0.2) is 60.7 Å². The number of benzene rings is 2. The first-order chi connectivity index (χ1) is 9.98. The van der Waals surface area contributed by atoms with E-state index in [4.69, 9.17) is 0 Å². The van der Waals surface area contributed by atoms with E-state index >= 15 is 0 Å². The van der Waals surface area contributed by atoms with E-state index in [-0.39, 0.29) is 0 Å². The van der Waals surface area contributed by atoms with E-state index in [2.05, 4.69) is 87.6 Å². The highest BCUT2D eigenvalue weighted by Gasteiger charge is 2.26. The van der Waals surface area contributed by atoms with Crippen LogP contribution in [0.4, 0.5) is 0 Å². The van der Waals surface area contributed by atoms with Crippen molar-refractivity contribution in [2.45, 2.75) is 50.9 Å². The molecule has 0 N–H and O–H groups in total. The fraction of sp³-hybridized carbons (Fsp3) is 0.400. The SMILES string of the molecule is C[C@@H](C[Si](C)(C)C[C@H](C)c1ccccc1)c1ccccc1. The summed E-state index contributed by atoms with van der Waals surface area (Å²) in [5.41, 5.74) is 2.98. The molecule has 0 aliphatic rings. The van der Waals surface area contributed by atoms with Crippen LogP contribution in [0.25, 0.3) is 0 Å². The highest BCUT2D eigenvalue weighted by molar-refractivity contribution is 6.77. The molecule has 0 bridgehead atoms. The molecule has 112 valence electrons. The normalized spacial score (nSPS) is 14.7. The van der Waals surface area contributed by atoms with Gasteiger partial charge in [-0.3, -0.25) is 0 Å². The number of rotatable bonds is 6. The summed E-state index contributed by atoms with van der Waals surface area (Å²) in [6.07, 6.45) is 0. The highest BCUT2D eigenvalue weighted by atomic mass is 28.3. The molecule has 0 amide bonds. The Kier molecular flexibility index (Phi) is 5.41. The maximum absolute atomic E-state index is 2.55. The van der Waals surface area contributed by atoms with Crippen molar-refractivity contribution in [1.29, 1.82) is 0 Å². The van der Waals surface area contributed by atoms with Gasteiger partial charge in [-0.15, -0.1) is 0 Å². The molecule has 0 unspecified atom stereocenters. The molecule has 0 aromatic heterocycles. The molecular weight excluding hydrogens is 268 g/mol. The molecule has 0 radical (unpaired) electrons. The third-order valence-corrected chi connectivity index (χ3v) is 7.89. The first-order valence-electron chi connectivity index (χ1n) is 8.08. The van der Waals surface area contributed by atoms with Gasteiger partial charge in [-0.1, -0.05) is 99.7 Å². The molecule has 0 aliphatic carbocycles. The molecule has 1 heteroatoms. The Labute approximate surface area is 131 Å². The van der Waals surface area contributed by atoms with Gasteiger partial charge in [0.1, 0.15) is 0 Å². The van der Waals surface area contributed by atoms with Gasteiger partial charge in [-0.05, 0) is 23.0 Å². The van der Waals surface area contributed by atoms with Gasteiger partial charge in [-0.25, -0.2) is 0 Å². The smallest absolute Gasteiger partial charge is 0.0485 e. The van der Waals surface area contributed by atoms with E-state index in [1.807, 2.05) is 0 Å². The van der Waals surface area contributed by atoms with Crippen LogP contribution in [0.5, 0.6) is 0 Å². The van der Waals surface area contributed by atoms with Crippen LogP contribution in [0.3, 0.4) is 0 Å². The van der Waals surface area contributed by atoms with Crippen LogP contribution >= 0.6 is 0 Å². The predicted octanol–water partition coefficient (Wildman–Crippen LogP) is 6.30. The maximum atomic E-state index is 2.55. The molecule has 2 atom stereocenters. The van der Waals surface area contributed by atoms with E-state index in [0.29, 0.717) is 11.8 Å². The van der Waals surface area contributed by atoms with Crippen LogP contribution in [0.2, 0.25) is 25.2 Å². The average Bonchev–Trinajstić information content (AvgIpc) is 2.48. The Morgan fingerprint density at radius 2 is 1.00 bits per heavy atom. The summed E-state index contributed by atoms with van der Waals surface area (Å²) in [5, 5.41) is 0. The van der Waals surface area contributed by atoms with Gasteiger partial charge >= 0.3 is 0 Å². The minimum atomic E-state index is -1.20. The van der Waals surface area contributed by atoms with Gasteiger partial charge < -0.3 is 0 Å². The van der Waals surface area contributed by atoms with Crippen molar-refractivity contribution < 1.29 is 0 Å². The van der Waals surface area contributed by atoms with Crippen LogP contribution in [0.1, 0.15) is 36.8 Å². The molecule has 0 saturated carbocycles. The second kappa shape index (κ2) is 7.08.